The van der Waals surface area contributed by atoms with Crippen LogP contribution in [0.1, 0.15) is 28.2 Å². The number of carbonyl (C=O) groups is 1. The van der Waals surface area contributed by atoms with Gasteiger partial charge in [-0.25, -0.2) is 0 Å². The third-order valence-corrected chi connectivity index (χ3v) is 4.07. The van der Waals surface area contributed by atoms with Crippen LogP contribution in [0.4, 0.5) is 5.69 Å². The summed E-state index contributed by atoms with van der Waals surface area (Å²) in [5, 5.41) is 13.5. The molecule has 0 aliphatic heterocycles. The van der Waals surface area contributed by atoms with Crippen LogP contribution in [0.3, 0.4) is 0 Å². The van der Waals surface area contributed by atoms with Gasteiger partial charge in [0, 0.05) is 6.07 Å². The largest absolute Gasteiger partial charge is 0.345 e. The van der Waals surface area contributed by atoms with E-state index in [9.17, 15) is 14.9 Å². The molecule has 0 aliphatic rings. The zero-order valence-electron chi connectivity index (χ0n) is 10.5. The summed E-state index contributed by atoms with van der Waals surface area (Å²) in [5.74, 6) is -0.374. The molecule has 0 fully saturated rings. The Morgan fingerprint density at radius 2 is 2.05 bits per heavy atom. The predicted molar refractivity (Wildman–Crippen MR) is 78.3 cm³/mol. The lowest BCUT2D eigenvalue weighted by atomic mass is 10.1. The van der Waals surface area contributed by atoms with Gasteiger partial charge in [0.2, 0.25) is 0 Å². The number of nitrogens with zero attached hydrogens (tertiary/aromatic N) is 1. The number of thiophene rings is 1. The van der Waals surface area contributed by atoms with Crippen molar-refractivity contribution in [2.24, 2.45) is 0 Å². The maximum Gasteiger partial charge on any atom is 0.299 e. The zero-order chi connectivity index (χ0) is 14.7. The Hall–Kier alpha value is -1.92. The molecule has 2 rings (SSSR count). The summed E-state index contributed by atoms with van der Waals surface area (Å²) in [5.41, 5.74) is 0.715. The van der Waals surface area contributed by atoms with Crippen LogP contribution in [0.5, 0.6) is 0 Å². The molecule has 1 heterocycles. The van der Waals surface area contributed by atoms with Crippen molar-refractivity contribution < 1.29 is 9.72 Å². The highest BCUT2D eigenvalue weighted by molar-refractivity contribution is 7.18. The monoisotopic (exact) mass is 310 g/mol. The molecule has 1 N–H and O–H groups in total. The molecule has 0 radical (unpaired) electrons. The molecule has 1 aromatic heterocycles. The van der Waals surface area contributed by atoms with Crippen LogP contribution >= 0.6 is 22.9 Å². The fourth-order valence-corrected chi connectivity index (χ4v) is 2.81. The molecule has 5 nitrogen and oxygen atoms in total. The Morgan fingerprint density at radius 1 is 1.40 bits per heavy atom. The number of nitro groups is 1. The number of carbonyl (C=O) groups excluding carboxylic acids is 1. The van der Waals surface area contributed by atoms with E-state index in [1.165, 1.54) is 6.07 Å². The van der Waals surface area contributed by atoms with Crippen LogP contribution in [-0.2, 0) is 0 Å². The van der Waals surface area contributed by atoms with Crippen molar-refractivity contribution in [1.82, 2.24) is 5.32 Å². The molecule has 1 atom stereocenters. The number of hydrogen-bond acceptors (Lipinski definition) is 4. The Kier molecular flexibility index (Phi) is 4.36. The van der Waals surface area contributed by atoms with Crippen LogP contribution in [0.25, 0.3) is 0 Å². The van der Waals surface area contributed by atoms with E-state index in [4.69, 9.17) is 11.6 Å². The molecule has 7 heteroatoms. The van der Waals surface area contributed by atoms with Crippen LogP contribution in [0.2, 0.25) is 4.34 Å². The highest BCUT2D eigenvalue weighted by atomic mass is 35.5. The number of rotatable bonds is 4. The van der Waals surface area contributed by atoms with Crippen LogP contribution in [0, 0.1) is 10.1 Å². The summed E-state index contributed by atoms with van der Waals surface area (Å²) in [4.78, 5) is 22.4. The maximum atomic E-state index is 12.0. The van der Waals surface area contributed by atoms with Crippen molar-refractivity contribution in [3.63, 3.8) is 0 Å². The lowest BCUT2D eigenvalue weighted by Crippen LogP contribution is -2.25. The number of amides is 1. The minimum Gasteiger partial charge on any atom is -0.345 e. The second-order valence-corrected chi connectivity index (χ2v) is 5.79. The molecule has 20 heavy (non-hydrogen) atoms. The molecule has 0 spiro atoms. The molecule has 0 saturated heterocycles. The number of halogens is 1. The molecule has 1 amide bonds. The van der Waals surface area contributed by atoms with Crippen molar-refractivity contribution in [3.05, 3.63) is 61.3 Å². The van der Waals surface area contributed by atoms with Crippen molar-refractivity contribution in [2.45, 2.75) is 13.0 Å². The van der Waals surface area contributed by atoms with E-state index in [0.29, 0.717) is 0 Å². The molecule has 1 unspecified atom stereocenters. The molecule has 104 valence electrons. The van der Waals surface area contributed by atoms with Gasteiger partial charge in [0.05, 0.1) is 11.0 Å². The van der Waals surface area contributed by atoms with Crippen LogP contribution < -0.4 is 5.32 Å². The first-order valence-corrected chi connectivity index (χ1v) is 6.98. The summed E-state index contributed by atoms with van der Waals surface area (Å²) in [7, 11) is 0. The summed E-state index contributed by atoms with van der Waals surface area (Å²) < 4.78 is 0.00696. The van der Waals surface area contributed by atoms with E-state index in [-0.39, 0.29) is 26.8 Å². The quantitative estimate of drug-likeness (QED) is 0.689. The standard InChI is InChI=1S/C13H11ClN2O3S/c1-8(9-5-3-2-4-6-9)15-13(17)11-7-10(16(18)19)12(14)20-11/h2-8H,1H3,(H,15,17). The summed E-state index contributed by atoms with van der Waals surface area (Å²) in [6.45, 7) is 1.84. The lowest BCUT2D eigenvalue weighted by molar-refractivity contribution is -0.384. The third kappa shape index (κ3) is 3.15. The lowest BCUT2D eigenvalue weighted by Gasteiger charge is -2.13. The van der Waals surface area contributed by atoms with Crippen molar-refractivity contribution >= 4 is 34.5 Å². The topological polar surface area (TPSA) is 72.2 Å². The number of hydrogen-bond donors (Lipinski definition) is 1. The molecular weight excluding hydrogens is 300 g/mol. The fraction of sp³-hybridized carbons (Fsp3) is 0.154. The van der Waals surface area contributed by atoms with E-state index >= 15 is 0 Å². The average Bonchev–Trinajstić information content (AvgIpc) is 2.82. The highest BCUT2D eigenvalue weighted by Crippen LogP contribution is 2.33. The molecule has 1 aromatic carbocycles. The second-order valence-electron chi connectivity index (χ2n) is 4.13. The zero-order valence-corrected chi connectivity index (χ0v) is 12.1. The van der Waals surface area contributed by atoms with E-state index < -0.39 is 4.92 Å². The Bertz CT molecular complexity index is 642. The van der Waals surface area contributed by atoms with Gasteiger partial charge < -0.3 is 5.32 Å². The van der Waals surface area contributed by atoms with Gasteiger partial charge in [0.15, 0.2) is 4.34 Å². The van der Waals surface area contributed by atoms with E-state index in [1.807, 2.05) is 37.3 Å². The highest BCUT2D eigenvalue weighted by Gasteiger charge is 2.22. The first-order chi connectivity index (χ1) is 9.49. The third-order valence-electron chi connectivity index (χ3n) is 2.74. The first kappa shape index (κ1) is 14.5. The first-order valence-electron chi connectivity index (χ1n) is 5.78. The molecular formula is C13H11ClN2O3S. The maximum absolute atomic E-state index is 12.0. The number of benzene rings is 1. The van der Waals surface area contributed by atoms with Crippen molar-refractivity contribution in [1.29, 1.82) is 0 Å². The van der Waals surface area contributed by atoms with Gasteiger partial charge in [0.1, 0.15) is 4.88 Å². The molecule has 0 aliphatic carbocycles. The average molecular weight is 311 g/mol. The van der Waals surface area contributed by atoms with Crippen LogP contribution in [0.15, 0.2) is 36.4 Å². The molecule has 2 aromatic rings. The van der Waals surface area contributed by atoms with Gasteiger partial charge in [-0.15, -0.1) is 11.3 Å². The SMILES string of the molecule is CC(NC(=O)c1cc([N+](=O)[O-])c(Cl)s1)c1ccccc1. The Morgan fingerprint density at radius 3 is 2.60 bits per heavy atom. The summed E-state index contributed by atoms with van der Waals surface area (Å²) >= 11 is 6.63. The Labute approximate surface area is 124 Å². The molecule has 0 saturated carbocycles. The van der Waals surface area contributed by atoms with Gasteiger partial charge in [-0.05, 0) is 12.5 Å². The fourth-order valence-electron chi connectivity index (χ4n) is 1.69. The van der Waals surface area contributed by atoms with Crippen LogP contribution in [-0.4, -0.2) is 10.8 Å². The van der Waals surface area contributed by atoms with Gasteiger partial charge in [-0.3, -0.25) is 14.9 Å². The van der Waals surface area contributed by atoms with Gasteiger partial charge >= 0.3 is 0 Å². The van der Waals surface area contributed by atoms with Gasteiger partial charge in [-0.2, -0.15) is 0 Å². The predicted octanol–water partition coefficient (Wildman–Crippen LogP) is 3.80. The number of nitrogens with one attached hydrogen (secondary N) is 1. The van der Waals surface area contributed by atoms with E-state index in [1.54, 1.807) is 0 Å². The van der Waals surface area contributed by atoms with Gasteiger partial charge in [0.25, 0.3) is 11.6 Å². The van der Waals surface area contributed by atoms with Crippen molar-refractivity contribution in [3.8, 4) is 0 Å². The molecule has 0 bridgehead atoms. The Balaban J connectivity index is 2.13. The smallest absolute Gasteiger partial charge is 0.299 e. The normalized spacial score (nSPS) is 11.9. The van der Waals surface area contributed by atoms with Crippen molar-refractivity contribution in [2.75, 3.05) is 0 Å². The minimum atomic E-state index is -0.601. The van der Waals surface area contributed by atoms with E-state index in [2.05, 4.69) is 5.32 Å². The summed E-state index contributed by atoms with van der Waals surface area (Å²) in [6, 6.07) is 10.4. The van der Waals surface area contributed by atoms with E-state index in [0.717, 1.165) is 16.9 Å². The minimum absolute atomic E-state index is 0.00696. The second kappa shape index (κ2) is 6.02. The van der Waals surface area contributed by atoms with Gasteiger partial charge in [-0.1, -0.05) is 41.9 Å². The summed E-state index contributed by atoms with van der Waals surface area (Å²) in [6.07, 6.45) is 0.